The number of aldehydes is 1. The van der Waals surface area contributed by atoms with Crippen LogP contribution in [0.5, 0.6) is 0 Å². The van der Waals surface area contributed by atoms with Crippen molar-refractivity contribution in [1.29, 1.82) is 0 Å². The normalized spacial score (nSPS) is 16.1. The molecule has 0 aromatic heterocycles. The molecule has 2 aliphatic heterocycles. The number of hydrogen-bond donors (Lipinski definition) is 3. The summed E-state index contributed by atoms with van der Waals surface area (Å²) in [6.07, 6.45) is 1.15. The van der Waals surface area contributed by atoms with Crippen molar-refractivity contribution in [1.82, 2.24) is 20.4 Å². The largest absolute Gasteiger partial charge is 0.379 e. The van der Waals surface area contributed by atoms with Crippen LogP contribution in [0.4, 0.5) is 10.5 Å². The van der Waals surface area contributed by atoms with Crippen molar-refractivity contribution in [3.05, 3.63) is 64.7 Å². The topological polar surface area (TPSA) is 120 Å². The van der Waals surface area contributed by atoms with Crippen molar-refractivity contribution in [2.75, 3.05) is 38.7 Å². The van der Waals surface area contributed by atoms with Gasteiger partial charge >= 0.3 is 6.03 Å². The molecule has 1 fully saturated rings. The Morgan fingerprint density at radius 3 is 2.68 bits per heavy atom. The molecule has 1 unspecified atom stereocenters. The number of fused-ring (bicyclic) bond motifs is 1. The maximum absolute atomic E-state index is 13.0. The first-order valence-electron chi connectivity index (χ1n) is 12.5. The molecule has 0 bridgehead atoms. The summed E-state index contributed by atoms with van der Waals surface area (Å²) in [7, 11) is 1.54. The molecule has 3 N–H and O–H groups in total. The van der Waals surface area contributed by atoms with Gasteiger partial charge in [-0.1, -0.05) is 24.3 Å². The highest BCUT2D eigenvalue weighted by Crippen LogP contribution is 2.26. The molecular weight excluding hydrogens is 474 g/mol. The van der Waals surface area contributed by atoms with Gasteiger partial charge in [-0.3, -0.25) is 14.5 Å². The second kappa shape index (κ2) is 12.5. The summed E-state index contributed by atoms with van der Waals surface area (Å²) in [5.74, 6) is -0.418. The minimum Gasteiger partial charge on any atom is -0.379 e. The molecule has 0 spiro atoms. The molecule has 2 aliphatic rings. The van der Waals surface area contributed by atoms with E-state index in [0.29, 0.717) is 17.8 Å². The van der Waals surface area contributed by atoms with E-state index in [1.54, 1.807) is 6.07 Å². The van der Waals surface area contributed by atoms with Crippen LogP contribution in [0.15, 0.2) is 42.5 Å². The zero-order valence-electron chi connectivity index (χ0n) is 21.0. The van der Waals surface area contributed by atoms with E-state index in [-0.39, 0.29) is 37.2 Å². The average molecular weight is 508 g/mol. The van der Waals surface area contributed by atoms with Gasteiger partial charge in [-0.15, -0.1) is 0 Å². The van der Waals surface area contributed by atoms with Crippen LogP contribution in [0, 0.1) is 0 Å². The summed E-state index contributed by atoms with van der Waals surface area (Å²) in [5.41, 5.74) is 3.94. The zero-order chi connectivity index (χ0) is 26.2. The number of carbonyl (C=O) groups is 4. The van der Waals surface area contributed by atoms with E-state index < -0.39 is 6.04 Å². The van der Waals surface area contributed by atoms with Gasteiger partial charge in [0.1, 0.15) is 6.29 Å². The summed E-state index contributed by atoms with van der Waals surface area (Å²) in [6.45, 7) is 4.63. The van der Waals surface area contributed by atoms with E-state index in [0.717, 1.165) is 55.8 Å². The van der Waals surface area contributed by atoms with Crippen LogP contribution in [0.2, 0.25) is 0 Å². The molecule has 1 saturated heterocycles. The van der Waals surface area contributed by atoms with Crippen LogP contribution in [0.25, 0.3) is 0 Å². The van der Waals surface area contributed by atoms with Crippen LogP contribution in [0.3, 0.4) is 0 Å². The highest BCUT2D eigenvalue weighted by atomic mass is 16.5. The molecule has 2 aromatic rings. The molecular formula is C27H33N5O5. The minimum atomic E-state index is -0.663. The monoisotopic (exact) mass is 507 g/mol. The summed E-state index contributed by atoms with van der Waals surface area (Å²) in [5, 5.41) is 8.23. The number of nitrogens with zero attached hydrogens (tertiary/aromatic N) is 2. The third kappa shape index (κ3) is 6.93. The van der Waals surface area contributed by atoms with E-state index >= 15 is 0 Å². The van der Waals surface area contributed by atoms with Crippen LogP contribution in [-0.2, 0) is 34.0 Å². The Kier molecular flexibility index (Phi) is 8.86. The van der Waals surface area contributed by atoms with Crippen LogP contribution >= 0.6 is 0 Å². The lowest BCUT2D eigenvalue weighted by molar-refractivity contribution is -0.121. The van der Waals surface area contributed by atoms with Gasteiger partial charge in [-0.2, -0.15) is 0 Å². The molecule has 10 nitrogen and oxygen atoms in total. The number of amides is 4. The van der Waals surface area contributed by atoms with E-state index in [4.69, 9.17) is 4.74 Å². The number of hydrogen-bond acceptors (Lipinski definition) is 6. The van der Waals surface area contributed by atoms with Crippen LogP contribution in [0.1, 0.15) is 39.9 Å². The highest BCUT2D eigenvalue weighted by molar-refractivity contribution is 6.00. The molecule has 0 saturated carbocycles. The zero-order valence-corrected chi connectivity index (χ0v) is 21.0. The molecule has 10 heteroatoms. The van der Waals surface area contributed by atoms with Gasteiger partial charge < -0.3 is 30.4 Å². The van der Waals surface area contributed by atoms with Gasteiger partial charge in [0, 0.05) is 57.4 Å². The van der Waals surface area contributed by atoms with Gasteiger partial charge in [0.2, 0.25) is 5.91 Å². The van der Waals surface area contributed by atoms with Gasteiger partial charge in [0.25, 0.3) is 5.91 Å². The third-order valence-corrected chi connectivity index (χ3v) is 6.66. The van der Waals surface area contributed by atoms with Crippen molar-refractivity contribution in [3.8, 4) is 0 Å². The summed E-state index contributed by atoms with van der Waals surface area (Å²) in [6, 6.07) is 12.2. The highest BCUT2D eigenvalue weighted by Gasteiger charge is 2.32. The lowest BCUT2D eigenvalue weighted by Crippen LogP contribution is -2.37. The molecule has 2 heterocycles. The molecule has 1 atom stereocenters. The van der Waals surface area contributed by atoms with Crippen molar-refractivity contribution < 1.29 is 23.9 Å². The maximum Gasteiger partial charge on any atom is 0.319 e. The Balaban J connectivity index is 1.30. The quantitative estimate of drug-likeness (QED) is 0.423. The molecule has 0 aliphatic carbocycles. The number of urea groups is 1. The minimum absolute atomic E-state index is 0.167. The van der Waals surface area contributed by atoms with E-state index in [2.05, 4.69) is 20.9 Å². The standard InChI is InChI=1S/C27H33N5O5/c1-28-25(34)8-7-23(18-33)32-17-21-6-5-19(14-24(21)26(32)35)15-29-27(36)30-22-4-2-3-20(13-22)16-31-9-11-37-12-10-31/h2-6,13-14,18,23H,7-12,15-17H2,1H3,(H,28,34)(H2,29,30,36). The van der Waals surface area contributed by atoms with Crippen molar-refractivity contribution in [2.45, 2.75) is 38.5 Å². The lowest BCUT2D eigenvalue weighted by Gasteiger charge is -2.26. The van der Waals surface area contributed by atoms with E-state index in [9.17, 15) is 19.2 Å². The average Bonchev–Trinajstić information content (AvgIpc) is 3.24. The Bertz CT molecular complexity index is 1150. The van der Waals surface area contributed by atoms with Gasteiger partial charge in [-0.25, -0.2) is 4.79 Å². The predicted molar refractivity (Wildman–Crippen MR) is 138 cm³/mol. The number of rotatable bonds is 10. The first-order valence-corrected chi connectivity index (χ1v) is 12.5. The number of anilines is 1. The Hall–Kier alpha value is -3.76. The van der Waals surface area contributed by atoms with Crippen LogP contribution in [-0.4, -0.2) is 73.3 Å². The number of benzene rings is 2. The first-order chi connectivity index (χ1) is 18.0. The van der Waals surface area contributed by atoms with E-state index in [1.165, 1.54) is 11.9 Å². The van der Waals surface area contributed by atoms with Crippen molar-refractivity contribution >= 4 is 29.8 Å². The fourth-order valence-corrected chi connectivity index (χ4v) is 4.57. The second-order valence-electron chi connectivity index (χ2n) is 9.24. The van der Waals surface area contributed by atoms with Crippen molar-refractivity contribution in [3.63, 3.8) is 0 Å². The maximum atomic E-state index is 13.0. The fraction of sp³-hybridized carbons (Fsp3) is 0.407. The molecule has 4 rings (SSSR count). The summed E-state index contributed by atoms with van der Waals surface area (Å²) in [4.78, 5) is 52.5. The number of carbonyl (C=O) groups excluding carboxylic acids is 4. The smallest absolute Gasteiger partial charge is 0.319 e. The molecule has 0 radical (unpaired) electrons. The SMILES string of the molecule is CNC(=O)CCC(C=O)N1Cc2ccc(CNC(=O)Nc3cccc(CN4CCOCC4)c3)cc2C1=O. The lowest BCUT2D eigenvalue weighted by atomic mass is 10.1. The second-order valence-corrected chi connectivity index (χ2v) is 9.24. The number of morpholine rings is 1. The van der Waals surface area contributed by atoms with Gasteiger partial charge in [-0.05, 0) is 41.3 Å². The first kappa shape index (κ1) is 26.3. The van der Waals surface area contributed by atoms with Crippen LogP contribution < -0.4 is 16.0 Å². The Labute approximate surface area is 216 Å². The number of ether oxygens (including phenoxy) is 1. The Morgan fingerprint density at radius 1 is 1.11 bits per heavy atom. The van der Waals surface area contributed by atoms with Crippen molar-refractivity contribution in [2.24, 2.45) is 0 Å². The fourth-order valence-electron chi connectivity index (χ4n) is 4.57. The molecule has 4 amide bonds. The Morgan fingerprint density at radius 2 is 1.92 bits per heavy atom. The third-order valence-electron chi connectivity index (χ3n) is 6.66. The predicted octanol–water partition coefficient (Wildman–Crippen LogP) is 1.89. The van der Waals surface area contributed by atoms with Gasteiger partial charge in [0.05, 0.1) is 19.3 Å². The molecule has 2 aromatic carbocycles. The summed E-state index contributed by atoms with van der Waals surface area (Å²) < 4.78 is 5.39. The number of nitrogens with one attached hydrogen (secondary N) is 3. The molecule has 37 heavy (non-hydrogen) atoms. The molecule has 196 valence electrons. The summed E-state index contributed by atoms with van der Waals surface area (Å²) >= 11 is 0. The van der Waals surface area contributed by atoms with E-state index in [1.807, 2.05) is 36.4 Å². The van der Waals surface area contributed by atoms with Gasteiger partial charge in [0.15, 0.2) is 0 Å².